The summed E-state index contributed by atoms with van der Waals surface area (Å²) >= 11 is 0. The van der Waals surface area contributed by atoms with Crippen LogP contribution in [0.3, 0.4) is 0 Å². The Balaban J connectivity index is 1.37. The minimum Gasteiger partial charge on any atom is -0.356 e. The van der Waals surface area contributed by atoms with Crippen molar-refractivity contribution in [2.45, 2.75) is 12.6 Å². The van der Waals surface area contributed by atoms with Crippen molar-refractivity contribution in [1.82, 2.24) is 10.1 Å². The molecule has 0 bridgehead atoms. The Morgan fingerprint density at radius 3 is 2.44 bits per heavy atom. The average molecular weight is 462 g/mol. The van der Waals surface area contributed by atoms with Crippen LogP contribution >= 0.6 is 0 Å². The largest absolute Gasteiger partial charge is 0.433 e. The van der Waals surface area contributed by atoms with Crippen LogP contribution in [-0.4, -0.2) is 16.0 Å². The number of pyridine rings is 1. The molecule has 0 aliphatic heterocycles. The molecule has 2 aromatic heterocycles. The molecule has 2 N–H and O–H groups in total. The molecule has 170 valence electrons. The molecule has 1 amide bonds. The number of hydrogen-bond acceptors (Lipinski definition) is 5. The lowest BCUT2D eigenvalue weighted by atomic mass is 10.1. The number of nitrogens with one attached hydrogen (secondary N) is 2. The van der Waals surface area contributed by atoms with Gasteiger partial charge in [0.1, 0.15) is 11.4 Å². The first-order valence-corrected chi connectivity index (χ1v) is 10.3. The normalized spacial score (nSPS) is 11.6. The summed E-state index contributed by atoms with van der Waals surface area (Å²) in [6.07, 6.45) is -4.57. The third kappa shape index (κ3) is 4.40. The molecule has 3 aromatic carbocycles. The van der Waals surface area contributed by atoms with Crippen molar-refractivity contribution in [2.75, 3.05) is 10.6 Å². The summed E-state index contributed by atoms with van der Waals surface area (Å²) in [5, 5.41) is 11.1. The number of fused-ring (bicyclic) bond motifs is 2. The van der Waals surface area contributed by atoms with Gasteiger partial charge in [0.2, 0.25) is 5.91 Å². The molecule has 0 saturated heterocycles. The highest BCUT2D eigenvalue weighted by molar-refractivity contribution is 5.96. The lowest BCUT2D eigenvalue weighted by Crippen LogP contribution is -2.14. The van der Waals surface area contributed by atoms with E-state index in [4.69, 9.17) is 4.52 Å². The lowest BCUT2D eigenvalue weighted by Gasteiger charge is -2.14. The molecule has 0 radical (unpaired) electrons. The molecule has 6 nitrogen and oxygen atoms in total. The number of aromatic nitrogens is 2. The topological polar surface area (TPSA) is 80.0 Å². The number of para-hydroxylation sites is 2. The quantitative estimate of drug-likeness (QED) is 0.320. The third-order valence-corrected chi connectivity index (χ3v) is 5.21. The van der Waals surface area contributed by atoms with Crippen molar-refractivity contribution in [1.29, 1.82) is 0 Å². The van der Waals surface area contributed by atoms with Crippen LogP contribution in [0.1, 0.15) is 11.4 Å². The number of nitrogens with zero attached hydrogens (tertiary/aromatic N) is 2. The van der Waals surface area contributed by atoms with E-state index in [-0.39, 0.29) is 23.5 Å². The first kappa shape index (κ1) is 21.4. The van der Waals surface area contributed by atoms with Crippen molar-refractivity contribution in [3.8, 4) is 0 Å². The number of amides is 1. The first-order chi connectivity index (χ1) is 16.4. The second-order valence-corrected chi connectivity index (χ2v) is 7.63. The average Bonchev–Trinajstić information content (AvgIpc) is 3.21. The monoisotopic (exact) mass is 462 g/mol. The number of halogens is 3. The van der Waals surface area contributed by atoms with E-state index in [1.807, 2.05) is 18.2 Å². The number of anilines is 3. The summed E-state index contributed by atoms with van der Waals surface area (Å²) in [5.74, 6) is -0.301. The fourth-order valence-electron chi connectivity index (χ4n) is 3.68. The van der Waals surface area contributed by atoms with E-state index in [0.29, 0.717) is 28.0 Å². The van der Waals surface area contributed by atoms with Gasteiger partial charge in [-0.3, -0.25) is 4.79 Å². The van der Waals surface area contributed by atoms with Gasteiger partial charge in [0.15, 0.2) is 5.58 Å². The summed E-state index contributed by atoms with van der Waals surface area (Å²) in [7, 11) is 0. The molecule has 0 saturated carbocycles. The van der Waals surface area contributed by atoms with E-state index in [1.165, 1.54) is 6.07 Å². The van der Waals surface area contributed by atoms with Gasteiger partial charge in [0.25, 0.3) is 0 Å². The zero-order valence-electron chi connectivity index (χ0n) is 17.6. The van der Waals surface area contributed by atoms with Gasteiger partial charge in [-0.15, -0.1) is 0 Å². The van der Waals surface area contributed by atoms with Crippen molar-refractivity contribution in [3.05, 3.63) is 90.3 Å². The first-order valence-electron chi connectivity index (χ1n) is 10.3. The number of rotatable bonds is 5. The number of carbonyl (C=O) groups is 1. The van der Waals surface area contributed by atoms with Crippen LogP contribution in [0.25, 0.3) is 21.9 Å². The van der Waals surface area contributed by atoms with Crippen LogP contribution in [-0.2, 0) is 17.4 Å². The molecular weight excluding hydrogens is 445 g/mol. The minimum absolute atomic E-state index is 0.0125. The highest BCUT2D eigenvalue weighted by Gasteiger charge is 2.33. The van der Waals surface area contributed by atoms with Crippen LogP contribution in [0.2, 0.25) is 0 Å². The van der Waals surface area contributed by atoms with Crippen LogP contribution in [0, 0.1) is 0 Å². The summed E-state index contributed by atoms with van der Waals surface area (Å²) in [6, 6.07) is 21.5. The predicted octanol–water partition coefficient (Wildman–Crippen LogP) is 6.32. The second-order valence-electron chi connectivity index (χ2n) is 7.63. The highest BCUT2D eigenvalue weighted by Crippen LogP contribution is 2.34. The fourth-order valence-corrected chi connectivity index (χ4v) is 3.68. The van der Waals surface area contributed by atoms with Gasteiger partial charge in [-0.25, -0.2) is 4.98 Å². The predicted molar refractivity (Wildman–Crippen MR) is 123 cm³/mol. The summed E-state index contributed by atoms with van der Waals surface area (Å²) in [6.45, 7) is 0. The Bertz CT molecular complexity index is 1510. The van der Waals surface area contributed by atoms with Gasteiger partial charge in [0, 0.05) is 22.1 Å². The lowest BCUT2D eigenvalue weighted by molar-refractivity contribution is -0.140. The number of benzene rings is 3. The van der Waals surface area contributed by atoms with Crippen molar-refractivity contribution in [2.24, 2.45) is 0 Å². The maximum Gasteiger partial charge on any atom is 0.433 e. The van der Waals surface area contributed by atoms with E-state index in [1.54, 1.807) is 48.5 Å². The zero-order chi connectivity index (χ0) is 23.7. The number of carbonyl (C=O) groups excluding carboxylic acids is 1. The Kier molecular flexibility index (Phi) is 5.37. The van der Waals surface area contributed by atoms with Crippen molar-refractivity contribution in [3.63, 3.8) is 0 Å². The Morgan fingerprint density at radius 1 is 0.882 bits per heavy atom. The maximum atomic E-state index is 13.3. The minimum atomic E-state index is -4.58. The van der Waals surface area contributed by atoms with Gasteiger partial charge in [-0.1, -0.05) is 41.6 Å². The molecule has 0 spiro atoms. The van der Waals surface area contributed by atoms with Gasteiger partial charge < -0.3 is 15.2 Å². The van der Waals surface area contributed by atoms with Gasteiger partial charge in [-0.2, -0.15) is 13.2 Å². The van der Waals surface area contributed by atoms with E-state index < -0.39 is 11.9 Å². The highest BCUT2D eigenvalue weighted by atomic mass is 19.4. The molecule has 34 heavy (non-hydrogen) atoms. The fraction of sp³-hybridized carbons (Fsp3) is 0.0800. The van der Waals surface area contributed by atoms with Gasteiger partial charge in [0.05, 0.1) is 17.6 Å². The molecule has 2 heterocycles. The van der Waals surface area contributed by atoms with Gasteiger partial charge >= 0.3 is 6.18 Å². The summed E-state index contributed by atoms with van der Waals surface area (Å²) in [4.78, 5) is 16.3. The molecule has 9 heteroatoms. The van der Waals surface area contributed by atoms with Crippen LogP contribution < -0.4 is 10.6 Å². The number of hydrogen-bond donors (Lipinski definition) is 2. The standard InChI is InChI=1S/C25H17F3N4O2/c26-25(27,28)23-13-20(17-8-1-3-10-19(17)31-23)29-15-6-5-7-16(12-15)30-24(33)14-21-18-9-2-4-11-22(18)34-32-21/h1-13H,14H2,(H,29,31)(H,30,33). The summed E-state index contributed by atoms with van der Waals surface area (Å²) in [5.41, 5.74) is 1.61. The van der Waals surface area contributed by atoms with Gasteiger partial charge in [-0.05, 0) is 42.5 Å². The van der Waals surface area contributed by atoms with Crippen LogP contribution in [0.4, 0.5) is 30.2 Å². The van der Waals surface area contributed by atoms with E-state index in [2.05, 4.69) is 20.8 Å². The van der Waals surface area contributed by atoms with Crippen molar-refractivity contribution < 1.29 is 22.5 Å². The molecule has 0 aliphatic carbocycles. The molecular formula is C25H17F3N4O2. The Hall–Kier alpha value is -4.40. The van der Waals surface area contributed by atoms with E-state index >= 15 is 0 Å². The second kappa shape index (κ2) is 8.51. The van der Waals surface area contributed by atoms with E-state index in [9.17, 15) is 18.0 Å². The smallest absolute Gasteiger partial charge is 0.356 e. The third-order valence-electron chi connectivity index (χ3n) is 5.21. The molecule has 5 rings (SSSR count). The molecule has 0 aliphatic rings. The zero-order valence-corrected chi connectivity index (χ0v) is 17.6. The molecule has 0 fully saturated rings. The summed E-state index contributed by atoms with van der Waals surface area (Å²) < 4.78 is 45.3. The Morgan fingerprint density at radius 2 is 1.62 bits per heavy atom. The molecule has 0 atom stereocenters. The van der Waals surface area contributed by atoms with E-state index in [0.717, 1.165) is 11.5 Å². The maximum absolute atomic E-state index is 13.3. The van der Waals surface area contributed by atoms with Crippen LogP contribution in [0.15, 0.2) is 83.4 Å². The molecule has 0 unspecified atom stereocenters. The number of alkyl halides is 3. The van der Waals surface area contributed by atoms with Crippen LogP contribution in [0.5, 0.6) is 0 Å². The van der Waals surface area contributed by atoms with Crippen molar-refractivity contribution >= 4 is 44.8 Å². The molecule has 5 aromatic rings. The Labute approximate surface area is 191 Å². The SMILES string of the molecule is O=C(Cc1noc2ccccc12)Nc1cccc(Nc2cc(C(F)(F)F)nc3ccccc23)c1.